The maximum absolute atomic E-state index is 13.3. The second-order valence-electron chi connectivity index (χ2n) is 3.56. The third-order valence-electron chi connectivity index (χ3n) is 2.20. The van der Waals surface area contributed by atoms with E-state index in [1.807, 2.05) is 0 Å². The van der Waals surface area contributed by atoms with Gasteiger partial charge in [-0.25, -0.2) is 9.37 Å². The maximum Gasteiger partial charge on any atom is 0.160 e. The van der Waals surface area contributed by atoms with Gasteiger partial charge in [-0.15, -0.1) is 0 Å². The van der Waals surface area contributed by atoms with Gasteiger partial charge in [-0.05, 0) is 18.2 Å². The molecule has 3 N–H and O–H groups in total. The van der Waals surface area contributed by atoms with Crippen molar-refractivity contribution in [2.45, 2.75) is 0 Å². The van der Waals surface area contributed by atoms with Crippen LogP contribution >= 0.6 is 46.4 Å². The zero-order chi connectivity index (χ0) is 14.2. The molecule has 1 aromatic carbocycles. The molecule has 1 heterocycles. The second-order valence-corrected chi connectivity index (χ2v) is 5.19. The summed E-state index contributed by atoms with van der Waals surface area (Å²) in [5.74, 6) is -0.307. The molecule has 3 nitrogen and oxygen atoms in total. The number of nitrogen functional groups attached to an aromatic ring is 1. The third kappa shape index (κ3) is 3.15. The summed E-state index contributed by atoms with van der Waals surface area (Å²) in [5, 5.41) is 3.10. The first-order valence-corrected chi connectivity index (χ1v) is 6.42. The van der Waals surface area contributed by atoms with E-state index in [0.29, 0.717) is 5.69 Å². The second kappa shape index (κ2) is 5.59. The molecule has 0 unspecified atom stereocenters. The van der Waals surface area contributed by atoms with E-state index in [1.165, 1.54) is 18.2 Å². The van der Waals surface area contributed by atoms with E-state index in [1.54, 1.807) is 0 Å². The lowest BCUT2D eigenvalue weighted by Gasteiger charge is -2.10. The van der Waals surface area contributed by atoms with E-state index in [4.69, 9.17) is 52.1 Å². The average Bonchev–Trinajstić information content (AvgIpc) is 2.33. The highest BCUT2D eigenvalue weighted by Crippen LogP contribution is 2.32. The van der Waals surface area contributed by atoms with Crippen molar-refractivity contribution in [3.63, 3.8) is 0 Å². The van der Waals surface area contributed by atoms with Gasteiger partial charge in [-0.1, -0.05) is 46.4 Å². The van der Waals surface area contributed by atoms with Crippen LogP contribution in [0.4, 0.5) is 21.7 Å². The van der Waals surface area contributed by atoms with Crippen LogP contribution in [-0.4, -0.2) is 4.98 Å². The van der Waals surface area contributed by atoms with E-state index in [-0.39, 0.29) is 31.7 Å². The predicted molar refractivity (Wildman–Crippen MR) is 78.4 cm³/mol. The number of nitrogens with zero attached hydrogens (tertiary/aromatic N) is 1. The standard InChI is InChI=1S/C11H6Cl4FN3/c12-5-1-4(2-6(13)9(5)16)18-11-8(15)3-7(14)10(17)19-11/h1-3H,(H3,17,18,19). The van der Waals surface area contributed by atoms with Gasteiger partial charge >= 0.3 is 0 Å². The molecule has 0 aliphatic heterocycles. The van der Waals surface area contributed by atoms with Crippen molar-refractivity contribution < 1.29 is 4.39 Å². The number of halogens is 5. The first-order valence-electron chi connectivity index (χ1n) is 4.91. The molecule has 1 aromatic heterocycles. The van der Waals surface area contributed by atoms with Gasteiger partial charge in [-0.3, -0.25) is 0 Å². The van der Waals surface area contributed by atoms with Gasteiger partial charge in [-0.2, -0.15) is 0 Å². The fraction of sp³-hybridized carbons (Fsp3) is 0. The molecule has 0 aliphatic carbocycles. The molecule has 2 aromatic rings. The van der Waals surface area contributed by atoms with Crippen LogP contribution in [0.3, 0.4) is 0 Å². The number of nitrogens with one attached hydrogen (secondary N) is 1. The van der Waals surface area contributed by atoms with Crippen LogP contribution in [0.25, 0.3) is 0 Å². The zero-order valence-electron chi connectivity index (χ0n) is 9.15. The summed E-state index contributed by atoms with van der Waals surface area (Å²) in [4.78, 5) is 3.97. The quantitative estimate of drug-likeness (QED) is 0.742. The summed E-state index contributed by atoms with van der Waals surface area (Å²) in [6.07, 6.45) is 0. The summed E-state index contributed by atoms with van der Waals surface area (Å²) in [5.41, 5.74) is 6.00. The van der Waals surface area contributed by atoms with E-state index >= 15 is 0 Å². The third-order valence-corrected chi connectivity index (χ3v) is 3.34. The highest BCUT2D eigenvalue weighted by Gasteiger charge is 2.11. The number of pyridine rings is 1. The molecular formula is C11H6Cl4FN3. The molecule has 0 saturated heterocycles. The van der Waals surface area contributed by atoms with Crippen molar-refractivity contribution in [1.29, 1.82) is 0 Å². The molecule has 100 valence electrons. The minimum Gasteiger partial charge on any atom is -0.382 e. The first-order chi connectivity index (χ1) is 8.88. The smallest absolute Gasteiger partial charge is 0.160 e. The number of hydrogen-bond acceptors (Lipinski definition) is 3. The number of benzene rings is 1. The molecule has 0 radical (unpaired) electrons. The van der Waals surface area contributed by atoms with Crippen LogP contribution < -0.4 is 11.1 Å². The van der Waals surface area contributed by atoms with Crippen molar-refractivity contribution in [2.75, 3.05) is 11.1 Å². The van der Waals surface area contributed by atoms with Gasteiger partial charge in [0.1, 0.15) is 5.82 Å². The van der Waals surface area contributed by atoms with Crippen LogP contribution in [0.2, 0.25) is 20.1 Å². The lowest BCUT2D eigenvalue weighted by molar-refractivity contribution is 0.629. The number of hydrogen-bond donors (Lipinski definition) is 2. The highest BCUT2D eigenvalue weighted by atomic mass is 35.5. The lowest BCUT2D eigenvalue weighted by atomic mass is 10.3. The van der Waals surface area contributed by atoms with Gasteiger partial charge < -0.3 is 11.1 Å². The van der Waals surface area contributed by atoms with Gasteiger partial charge in [0.15, 0.2) is 11.6 Å². The number of aromatic nitrogens is 1. The van der Waals surface area contributed by atoms with E-state index < -0.39 is 5.82 Å². The Hall–Kier alpha value is -0.940. The van der Waals surface area contributed by atoms with Gasteiger partial charge in [0, 0.05) is 5.69 Å². The van der Waals surface area contributed by atoms with Crippen molar-refractivity contribution in [1.82, 2.24) is 4.98 Å². The fourth-order valence-corrected chi connectivity index (χ4v) is 2.23. The Morgan fingerprint density at radius 2 is 1.53 bits per heavy atom. The highest BCUT2D eigenvalue weighted by molar-refractivity contribution is 6.37. The number of nitrogens with two attached hydrogens (primary N) is 1. The van der Waals surface area contributed by atoms with Gasteiger partial charge in [0.25, 0.3) is 0 Å². The summed E-state index contributed by atoms with van der Waals surface area (Å²) >= 11 is 23.1. The molecule has 0 atom stereocenters. The predicted octanol–water partition coefficient (Wildman–Crippen LogP) is 5.16. The van der Waals surface area contributed by atoms with Crippen LogP contribution in [0.1, 0.15) is 0 Å². The van der Waals surface area contributed by atoms with Gasteiger partial charge in [0.05, 0.1) is 20.1 Å². The van der Waals surface area contributed by atoms with Crippen molar-refractivity contribution >= 4 is 63.7 Å². The molecule has 19 heavy (non-hydrogen) atoms. The van der Waals surface area contributed by atoms with E-state index in [9.17, 15) is 4.39 Å². The topological polar surface area (TPSA) is 50.9 Å². The molecule has 0 saturated carbocycles. The molecular weight excluding hydrogens is 335 g/mol. The monoisotopic (exact) mass is 339 g/mol. The average molecular weight is 341 g/mol. The van der Waals surface area contributed by atoms with E-state index in [2.05, 4.69) is 10.3 Å². The summed E-state index contributed by atoms with van der Waals surface area (Å²) < 4.78 is 13.3. The lowest BCUT2D eigenvalue weighted by Crippen LogP contribution is -1.99. The maximum atomic E-state index is 13.3. The Morgan fingerprint density at radius 3 is 2.11 bits per heavy atom. The zero-order valence-corrected chi connectivity index (χ0v) is 12.2. The van der Waals surface area contributed by atoms with Crippen LogP contribution in [0.5, 0.6) is 0 Å². The minimum absolute atomic E-state index is 0.118. The molecule has 0 amide bonds. The molecule has 8 heteroatoms. The Labute approximate surface area is 128 Å². The SMILES string of the molecule is Nc1nc(Nc2cc(Cl)c(F)c(Cl)c2)c(Cl)cc1Cl. The molecule has 0 spiro atoms. The Morgan fingerprint density at radius 1 is 0.947 bits per heavy atom. The molecule has 0 fully saturated rings. The molecule has 0 bridgehead atoms. The Kier molecular flexibility index (Phi) is 4.26. The molecule has 0 aliphatic rings. The normalized spacial score (nSPS) is 10.6. The fourth-order valence-electron chi connectivity index (χ4n) is 1.33. The van der Waals surface area contributed by atoms with Crippen molar-refractivity contribution in [3.05, 3.63) is 44.1 Å². The van der Waals surface area contributed by atoms with Crippen LogP contribution in [0, 0.1) is 5.82 Å². The number of anilines is 3. The van der Waals surface area contributed by atoms with Crippen molar-refractivity contribution in [3.8, 4) is 0 Å². The van der Waals surface area contributed by atoms with Crippen LogP contribution in [-0.2, 0) is 0 Å². The summed E-state index contributed by atoms with van der Waals surface area (Å²) in [6.45, 7) is 0. The Balaban J connectivity index is 2.39. The first kappa shape index (κ1) is 14.5. The van der Waals surface area contributed by atoms with Gasteiger partial charge in [0.2, 0.25) is 0 Å². The Bertz CT molecular complexity index is 625. The van der Waals surface area contributed by atoms with Crippen LogP contribution in [0.15, 0.2) is 18.2 Å². The minimum atomic E-state index is -0.691. The van der Waals surface area contributed by atoms with E-state index in [0.717, 1.165) is 0 Å². The van der Waals surface area contributed by atoms with Crippen molar-refractivity contribution in [2.24, 2.45) is 0 Å². The molecule has 2 rings (SSSR count). The summed E-state index contributed by atoms with van der Waals surface area (Å²) in [7, 11) is 0. The number of rotatable bonds is 2. The summed E-state index contributed by atoms with van der Waals surface area (Å²) in [6, 6.07) is 4.15. The largest absolute Gasteiger partial charge is 0.382 e.